The van der Waals surface area contributed by atoms with Gasteiger partial charge in [-0.1, -0.05) is 0 Å². The fourth-order valence-electron chi connectivity index (χ4n) is 2.63. The zero-order valence-electron chi connectivity index (χ0n) is 15.2. The van der Waals surface area contributed by atoms with E-state index in [-0.39, 0.29) is 0 Å². The van der Waals surface area contributed by atoms with Crippen LogP contribution in [0.1, 0.15) is 11.3 Å². The standard InChI is InChI=1S/C20H22N4O2/c1-14-4-5-16(12-22-14)18-11-20(24-13-23-18)21-9-8-15-10-17(25-2)6-7-19(15)26-3/h4-7,10-13H,8-9H2,1-3H3,(H,21,23,24). The number of nitrogens with zero attached hydrogens (tertiary/aromatic N) is 3. The van der Waals surface area contributed by atoms with E-state index in [2.05, 4.69) is 20.3 Å². The minimum Gasteiger partial charge on any atom is -0.497 e. The summed E-state index contributed by atoms with van der Waals surface area (Å²) >= 11 is 0. The molecular weight excluding hydrogens is 328 g/mol. The van der Waals surface area contributed by atoms with Crippen LogP contribution in [0.3, 0.4) is 0 Å². The molecule has 0 saturated carbocycles. The average molecular weight is 350 g/mol. The molecule has 3 aromatic rings. The van der Waals surface area contributed by atoms with Gasteiger partial charge in [0.1, 0.15) is 23.6 Å². The third kappa shape index (κ3) is 4.27. The highest BCUT2D eigenvalue weighted by Crippen LogP contribution is 2.24. The van der Waals surface area contributed by atoms with Crippen molar-refractivity contribution in [3.8, 4) is 22.8 Å². The highest BCUT2D eigenvalue weighted by molar-refractivity contribution is 5.61. The second-order valence-corrected chi connectivity index (χ2v) is 5.83. The van der Waals surface area contributed by atoms with E-state index < -0.39 is 0 Å². The molecule has 6 nitrogen and oxygen atoms in total. The van der Waals surface area contributed by atoms with Gasteiger partial charge in [0.2, 0.25) is 0 Å². The minimum atomic E-state index is 0.714. The summed E-state index contributed by atoms with van der Waals surface area (Å²) in [5.74, 6) is 2.44. The normalized spacial score (nSPS) is 10.4. The van der Waals surface area contributed by atoms with Crippen LogP contribution in [0.2, 0.25) is 0 Å². The number of pyridine rings is 1. The highest BCUT2D eigenvalue weighted by atomic mass is 16.5. The summed E-state index contributed by atoms with van der Waals surface area (Å²) in [6.45, 7) is 2.68. The van der Waals surface area contributed by atoms with Crippen LogP contribution >= 0.6 is 0 Å². The number of anilines is 1. The molecule has 0 unspecified atom stereocenters. The molecule has 0 aliphatic heterocycles. The Morgan fingerprint density at radius 1 is 0.962 bits per heavy atom. The summed E-state index contributed by atoms with van der Waals surface area (Å²) in [7, 11) is 3.33. The van der Waals surface area contributed by atoms with Gasteiger partial charge in [-0.3, -0.25) is 4.98 Å². The van der Waals surface area contributed by atoms with E-state index in [4.69, 9.17) is 9.47 Å². The van der Waals surface area contributed by atoms with Gasteiger partial charge in [-0.05, 0) is 49.2 Å². The van der Waals surface area contributed by atoms with Gasteiger partial charge in [0.15, 0.2) is 0 Å². The van der Waals surface area contributed by atoms with Gasteiger partial charge in [-0.25, -0.2) is 9.97 Å². The van der Waals surface area contributed by atoms with Crippen molar-refractivity contribution in [2.24, 2.45) is 0 Å². The zero-order chi connectivity index (χ0) is 18.4. The maximum Gasteiger partial charge on any atom is 0.129 e. The first kappa shape index (κ1) is 17.7. The van der Waals surface area contributed by atoms with Crippen LogP contribution < -0.4 is 14.8 Å². The highest BCUT2D eigenvalue weighted by Gasteiger charge is 2.06. The molecule has 0 aliphatic carbocycles. The lowest BCUT2D eigenvalue weighted by Gasteiger charge is -2.11. The van der Waals surface area contributed by atoms with Crippen molar-refractivity contribution >= 4 is 5.82 Å². The Morgan fingerprint density at radius 3 is 2.58 bits per heavy atom. The van der Waals surface area contributed by atoms with Crippen molar-refractivity contribution in [1.29, 1.82) is 0 Å². The first-order chi connectivity index (χ1) is 12.7. The number of aryl methyl sites for hydroxylation is 1. The SMILES string of the molecule is COc1ccc(OC)c(CCNc2cc(-c3ccc(C)nc3)ncn2)c1. The van der Waals surface area contributed by atoms with Crippen molar-refractivity contribution < 1.29 is 9.47 Å². The van der Waals surface area contributed by atoms with E-state index in [9.17, 15) is 0 Å². The third-order valence-corrected chi connectivity index (χ3v) is 4.06. The van der Waals surface area contributed by atoms with Gasteiger partial charge in [-0.2, -0.15) is 0 Å². The largest absolute Gasteiger partial charge is 0.497 e. The molecule has 0 fully saturated rings. The lowest BCUT2D eigenvalue weighted by Crippen LogP contribution is -2.07. The lowest BCUT2D eigenvalue weighted by atomic mass is 10.1. The summed E-state index contributed by atoms with van der Waals surface area (Å²) in [6, 6.07) is 11.7. The second kappa shape index (κ2) is 8.29. The van der Waals surface area contributed by atoms with Crippen molar-refractivity contribution in [2.75, 3.05) is 26.1 Å². The molecule has 1 N–H and O–H groups in total. The quantitative estimate of drug-likeness (QED) is 0.703. The first-order valence-electron chi connectivity index (χ1n) is 8.39. The number of hydrogen-bond acceptors (Lipinski definition) is 6. The molecule has 0 aliphatic rings. The van der Waals surface area contributed by atoms with Gasteiger partial charge < -0.3 is 14.8 Å². The van der Waals surface area contributed by atoms with Gasteiger partial charge in [0.05, 0.1) is 19.9 Å². The van der Waals surface area contributed by atoms with E-state index in [1.165, 1.54) is 0 Å². The average Bonchev–Trinajstić information content (AvgIpc) is 2.68. The molecule has 0 amide bonds. The van der Waals surface area contributed by atoms with Crippen LogP contribution in [0.5, 0.6) is 11.5 Å². The Morgan fingerprint density at radius 2 is 1.85 bits per heavy atom. The molecule has 0 bridgehead atoms. The van der Waals surface area contributed by atoms with Gasteiger partial charge in [-0.15, -0.1) is 0 Å². The fourth-order valence-corrected chi connectivity index (χ4v) is 2.63. The minimum absolute atomic E-state index is 0.714. The number of aromatic nitrogens is 3. The van der Waals surface area contributed by atoms with Crippen molar-refractivity contribution in [2.45, 2.75) is 13.3 Å². The van der Waals surface area contributed by atoms with E-state index in [1.54, 1.807) is 20.5 Å². The summed E-state index contributed by atoms with van der Waals surface area (Å²) in [6.07, 6.45) is 4.16. The van der Waals surface area contributed by atoms with E-state index in [1.807, 2.05) is 49.5 Å². The topological polar surface area (TPSA) is 69.2 Å². The zero-order valence-corrected chi connectivity index (χ0v) is 15.2. The summed E-state index contributed by atoms with van der Waals surface area (Å²) in [5.41, 5.74) is 3.87. The molecule has 0 saturated heterocycles. The molecule has 26 heavy (non-hydrogen) atoms. The van der Waals surface area contributed by atoms with Gasteiger partial charge in [0, 0.05) is 30.1 Å². The third-order valence-electron chi connectivity index (χ3n) is 4.06. The molecule has 134 valence electrons. The van der Waals surface area contributed by atoms with E-state index in [0.29, 0.717) is 6.54 Å². The molecule has 2 heterocycles. The predicted octanol–water partition coefficient (Wildman–Crippen LogP) is 3.52. The van der Waals surface area contributed by atoms with Crippen LogP contribution in [-0.4, -0.2) is 35.7 Å². The van der Waals surface area contributed by atoms with Crippen LogP contribution in [-0.2, 0) is 6.42 Å². The molecule has 0 spiro atoms. The van der Waals surface area contributed by atoms with Gasteiger partial charge in [0.25, 0.3) is 0 Å². The van der Waals surface area contributed by atoms with Crippen molar-refractivity contribution in [1.82, 2.24) is 15.0 Å². The Balaban J connectivity index is 1.67. The predicted molar refractivity (Wildman–Crippen MR) is 102 cm³/mol. The number of hydrogen-bond donors (Lipinski definition) is 1. The van der Waals surface area contributed by atoms with Gasteiger partial charge >= 0.3 is 0 Å². The fraction of sp³-hybridized carbons (Fsp3) is 0.250. The Bertz CT molecular complexity index is 866. The Kier molecular flexibility index (Phi) is 5.63. The van der Waals surface area contributed by atoms with Crippen molar-refractivity contribution in [3.63, 3.8) is 0 Å². The smallest absolute Gasteiger partial charge is 0.129 e. The van der Waals surface area contributed by atoms with Crippen LogP contribution in [0.4, 0.5) is 5.82 Å². The molecule has 0 atom stereocenters. The maximum absolute atomic E-state index is 5.42. The number of ether oxygens (including phenoxy) is 2. The lowest BCUT2D eigenvalue weighted by molar-refractivity contribution is 0.399. The summed E-state index contributed by atoms with van der Waals surface area (Å²) in [4.78, 5) is 12.9. The molecule has 1 aromatic carbocycles. The maximum atomic E-state index is 5.42. The van der Waals surface area contributed by atoms with E-state index >= 15 is 0 Å². The molecule has 2 aromatic heterocycles. The summed E-state index contributed by atoms with van der Waals surface area (Å²) in [5, 5.41) is 3.34. The van der Waals surface area contributed by atoms with Crippen molar-refractivity contribution in [3.05, 3.63) is 60.2 Å². The van der Waals surface area contributed by atoms with Crippen LogP contribution in [0, 0.1) is 6.92 Å². The van der Waals surface area contributed by atoms with Crippen LogP contribution in [0.25, 0.3) is 11.3 Å². The number of benzene rings is 1. The second-order valence-electron chi connectivity index (χ2n) is 5.83. The summed E-state index contributed by atoms with van der Waals surface area (Å²) < 4.78 is 10.7. The molecular formula is C20H22N4O2. The molecule has 6 heteroatoms. The van der Waals surface area contributed by atoms with E-state index in [0.717, 1.165) is 46.3 Å². The number of methoxy groups -OCH3 is 2. The number of nitrogens with one attached hydrogen (secondary N) is 1. The first-order valence-corrected chi connectivity index (χ1v) is 8.39. The monoisotopic (exact) mass is 350 g/mol. The Hall–Kier alpha value is -3.15. The Labute approximate surface area is 153 Å². The number of rotatable bonds is 7. The van der Waals surface area contributed by atoms with Crippen LogP contribution in [0.15, 0.2) is 48.9 Å². The molecule has 3 rings (SSSR count). The molecule has 0 radical (unpaired) electrons.